The highest BCUT2D eigenvalue weighted by Gasteiger charge is 2.28. The summed E-state index contributed by atoms with van der Waals surface area (Å²) in [4.78, 5) is 27.3. The Hall–Kier alpha value is -2.86. The Morgan fingerprint density at radius 1 is 1.00 bits per heavy atom. The molecule has 0 saturated carbocycles. The number of nitrogens with zero attached hydrogens (tertiary/aromatic N) is 1. The largest absolute Gasteiger partial charge is 0.497 e. The van der Waals surface area contributed by atoms with Crippen LogP contribution in [-0.2, 0) is 27.3 Å². The molecule has 1 N–H and O–H groups in total. The van der Waals surface area contributed by atoms with Crippen molar-refractivity contribution in [1.82, 2.24) is 10.2 Å². The molecule has 0 aliphatic heterocycles. The van der Waals surface area contributed by atoms with Crippen LogP contribution in [0.1, 0.15) is 38.3 Å². The zero-order valence-electron chi connectivity index (χ0n) is 19.0. The minimum absolute atomic E-state index is 0.143. The first-order valence-electron chi connectivity index (χ1n) is 10.7. The van der Waals surface area contributed by atoms with Crippen LogP contribution in [0.4, 0.5) is 0 Å². The average molecular weight is 427 g/mol. The number of ether oxygens (including phenoxy) is 2. The molecule has 2 amide bonds. The van der Waals surface area contributed by atoms with Gasteiger partial charge in [-0.1, -0.05) is 42.5 Å². The highest BCUT2D eigenvalue weighted by atomic mass is 16.5. The molecule has 6 nitrogen and oxygen atoms in total. The van der Waals surface area contributed by atoms with E-state index < -0.39 is 6.04 Å². The summed E-state index contributed by atoms with van der Waals surface area (Å²) in [7, 11) is 1.61. The molecule has 0 saturated heterocycles. The normalized spacial score (nSPS) is 11.8. The molecule has 0 aliphatic rings. The molecule has 1 atom stereocenters. The molecule has 168 valence electrons. The fourth-order valence-electron chi connectivity index (χ4n) is 3.27. The van der Waals surface area contributed by atoms with Gasteiger partial charge in [-0.05, 0) is 43.5 Å². The molecule has 0 radical (unpaired) electrons. The Balaban J connectivity index is 2.14. The quantitative estimate of drug-likeness (QED) is 0.527. The van der Waals surface area contributed by atoms with Gasteiger partial charge in [-0.3, -0.25) is 9.59 Å². The van der Waals surface area contributed by atoms with Crippen molar-refractivity contribution < 1.29 is 19.1 Å². The van der Waals surface area contributed by atoms with Crippen LogP contribution in [0.2, 0.25) is 0 Å². The van der Waals surface area contributed by atoms with Crippen LogP contribution < -0.4 is 10.1 Å². The summed E-state index contributed by atoms with van der Waals surface area (Å²) in [6.07, 6.45) is 1.34. The van der Waals surface area contributed by atoms with Gasteiger partial charge in [-0.2, -0.15) is 0 Å². The van der Waals surface area contributed by atoms with Gasteiger partial charge in [0, 0.05) is 33.0 Å². The first-order valence-corrected chi connectivity index (χ1v) is 10.7. The third kappa shape index (κ3) is 8.42. The second-order valence-corrected chi connectivity index (χ2v) is 7.76. The van der Waals surface area contributed by atoms with Gasteiger partial charge >= 0.3 is 0 Å². The van der Waals surface area contributed by atoms with E-state index >= 15 is 0 Å². The lowest BCUT2D eigenvalue weighted by Crippen LogP contribution is -2.50. The summed E-state index contributed by atoms with van der Waals surface area (Å²) in [6.45, 7) is 6.91. The van der Waals surface area contributed by atoms with Crippen LogP contribution in [0, 0.1) is 0 Å². The van der Waals surface area contributed by atoms with E-state index in [0.717, 1.165) is 23.3 Å². The maximum Gasteiger partial charge on any atom is 0.243 e. The van der Waals surface area contributed by atoms with Crippen LogP contribution in [0.5, 0.6) is 5.75 Å². The van der Waals surface area contributed by atoms with Crippen molar-refractivity contribution in [3.05, 3.63) is 65.7 Å². The Morgan fingerprint density at radius 3 is 2.26 bits per heavy atom. The molecular formula is C25H34N2O4. The summed E-state index contributed by atoms with van der Waals surface area (Å²) < 4.78 is 10.7. The molecule has 0 aliphatic carbocycles. The van der Waals surface area contributed by atoms with Crippen LogP contribution in [0.15, 0.2) is 54.6 Å². The first kappa shape index (κ1) is 24.4. The second kappa shape index (κ2) is 12.7. The number of benzene rings is 2. The lowest BCUT2D eigenvalue weighted by molar-refractivity contribution is -0.139. The molecule has 2 rings (SSSR count). The SMILES string of the molecule is COc1ccc(CN(C(C)=O)[C@H](Cc2ccccc2)C(=O)NCCCOC(C)C)cc1. The Kier molecular flexibility index (Phi) is 10.0. The number of carbonyl (C=O) groups excluding carboxylic acids is 2. The predicted molar refractivity (Wildman–Crippen MR) is 122 cm³/mol. The summed E-state index contributed by atoms with van der Waals surface area (Å²) >= 11 is 0. The first-order chi connectivity index (χ1) is 14.9. The fraction of sp³-hybridized carbons (Fsp3) is 0.440. The van der Waals surface area contributed by atoms with Crippen LogP contribution >= 0.6 is 0 Å². The third-order valence-corrected chi connectivity index (χ3v) is 4.94. The van der Waals surface area contributed by atoms with Crippen molar-refractivity contribution in [3.8, 4) is 5.75 Å². The van der Waals surface area contributed by atoms with Gasteiger partial charge < -0.3 is 19.7 Å². The number of hydrogen-bond donors (Lipinski definition) is 1. The van der Waals surface area contributed by atoms with Crippen molar-refractivity contribution in [2.75, 3.05) is 20.3 Å². The molecule has 0 fully saturated rings. The van der Waals surface area contributed by atoms with Gasteiger partial charge in [0.1, 0.15) is 11.8 Å². The molecule has 0 unspecified atom stereocenters. The zero-order valence-corrected chi connectivity index (χ0v) is 19.0. The molecule has 6 heteroatoms. The van der Waals surface area contributed by atoms with Crippen molar-refractivity contribution in [2.24, 2.45) is 0 Å². The zero-order chi connectivity index (χ0) is 22.6. The van der Waals surface area contributed by atoms with E-state index in [1.807, 2.05) is 68.4 Å². The fourth-order valence-corrected chi connectivity index (χ4v) is 3.27. The highest BCUT2D eigenvalue weighted by molar-refractivity contribution is 5.87. The number of methoxy groups -OCH3 is 1. The standard InChI is InChI=1S/C25H34N2O4/c1-19(2)31-16-8-15-26-25(29)24(17-21-9-6-5-7-10-21)27(20(3)28)18-22-11-13-23(30-4)14-12-22/h5-7,9-14,19,24H,8,15-18H2,1-4H3,(H,26,29)/t24-/m1/s1. The molecule has 0 aromatic heterocycles. The summed E-state index contributed by atoms with van der Waals surface area (Å²) in [5, 5.41) is 2.98. The van der Waals surface area contributed by atoms with Crippen LogP contribution in [0.25, 0.3) is 0 Å². The Morgan fingerprint density at radius 2 is 1.68 bits per heavy atom. The summed E-state index contributed by atoms with van der Waals surface area (Å²) in [6, 6.07) is 16.7. The van der Waals surface area contributed by atoms with Gasteiger partial charge in [0.2, 0.25) is 11.8 Å². The van der Waals surface area contributed by atoms with Gasteiger partial charge in [0.25, 0.3) is 0 Å². The van der Waals surface area contributed by atoms with Crippen molar-refractivity contribution in [2.45, 2.75) is 52.3 Å². The Labute approximate surface area is 185 Å². The van der Waals surface area contributed by atoms with Gasteiger partial charge in [0.05, 0.1) is 13.2 Å². The molecule has 0 spiro atoms. The predicted octanol–water partition coefficient (Wildman–Crippen LogP) is 3.59. The number of carbonyl (C=O) groups is 2. The topological polar surface area (TPSA) is 67.9 Å². The average Bonchev–Trinajstić information content (AvgIpc) is 2.76. The van der Waals surface area contributed by atoms with E-state index in [-0.39, 0.29) is 17.9 Å². The minimum atomic E-state index is -0.604. The van der Waals surface area contributed by atoms with E-state index in [2.05, 4.69) is 5.32 Å². The van der Waals surface area contributed by atoms with Gasteiger partial charge in [-0.25, -0.2) is 0 Å². The summed E-state index contributed by atoms with van der Waals surface area (Å²) in [5.41, 5.74) is 1.94. The smallest absolute Gasteiger partial charge is 0.243 e. The number of rotatable bonds is 12. The lowest BCUT2D eigenvalue weighted by atomic mass is 10.0. The van der Waals surface area contributed by atoms with Crippen molar-refractivity contribution >= 4 is 11.8 Å². The van der Waals surface area contributed by atoms with Gasteiger partial charge in [0.15, 0.2) is 0 Å². The Bertz CT molecular complexity index is 806. The number of nitrogens with one attached hydrogen (secondary N) is 1. The van der Waals surface area contributed by atoms with Gasteiger partial charge in [-0.15, -0.1) is 0 Å². The second-order valence-electron chi connectivity index (χ2n) is 7.76. The maximum absolute atomic E-state index is 13.1. The maximum atomic E-state index is 13.1. The summed E-state index contributed by atoms with van der Waals surface area (Å²) in [5.74, 6) is 0.451. The van der Waals surface area contributed by atoms with E-state index in [1.165, 1.54) is 6.92 Å². The molecule has 2 aromatic rings. The van der Waals surface area contributed by atoms with Crippen molar-refractivity contribution in [3.63, 3.8) is 0 Å². The monoisotopic (exact) mass is 426 g/mol. The molecule has 31 heavy (non-hydrogen) atoms. The molecule has 0 heterocycles. The minimum Gasteiger partial charge on any atom is -0.497 e. The van der Waals surface area contributed by atoms with Crippen molar-refractivity contribution in [1.29, 1.82) is 0 Å². The molecular weight excluding hydrogens is 392 g/mol. The third-order valence-electron chi connectivity index (χ3n) is 4.94. The van der Waals surface area contributed by atoms with Crippen LogP contribution in [0.3, 0.4) is 0 Å². The highest BCUT2D eigenvalue weighted by Crippen LogP contribution is 2.17. The number of amides is 2. The van der Waals surface area contributed by atoms with E-state index in [1.54, 1.807) is 12.0 Å². The molecule has 2 aromatic carbocycles. The van der Waals surface area contributed by atoms with Crippen LogP contribution in [-0.4, -0.2) is 49.1 Å². The van der Waals surface area contributed by atoms with E-state index in [4.69, 9.17) is 9.47 Å². The van der Waals surface area contributed by atoms with E-state index in [9.17, 15) is 9.59 Å². The number of hydrogen-bond acceptors (Lipinski definition) is 4. The lowest BCUT2D eigenvalue weighted by Gasteiger charge is -2.30. The van der Waals surface area contributed by atoms with E-state index in [0.29, 0.717) is 26.1 Å². The molecule has 0 bridgehead atoms.